The summed E-state index contributed by atoms with van der Waals surface area (Å²) in [4.78, 5) is 44.6. The quantitative estimate of drug-likeness (QED) is 0.532. The van der Waals surface area contributed by atoms with Gasteiger partial charge in [0.05, 0.1) is 12.8 Å². The number of anilines is 1. The van der Waals surface area contributed by atoms with Crippen LogP contribution in [0.15, 0.2) is 71.6 Å². The summed E-state index contributed by atoms with van der Waals surface area (Å²) < 4.78 is 19.2. The molecule has 0 radical (unpaired) electrons. The van der Waals surface area contributed by atoms with Gasteiger partial charge < -0.3 is 15.1 Å². The van der Waals surface area contributed by atoms with E-state index in [4.69, 9.17) is 4.42 Å². The van der Waals surface area contributed by atoms with Crippen LogP contribution in [0.5, 0.6) is 0 Å². The van der Waals surface area contributed by atoms with E-state index in [1.165, 1.54) is 41.6 Å². The maximum absolute atomic E-state index is 14.2. The number of rotatable bonds is 8. The Morgan fingerprint density at radius 2 is 1.94 bits per heavy atom. The van der Waals surface area contributed by atoms with E-state index < -0.39 is 36.1 Å². The van der Waals surface area contributed by atoms with Crippen molar-refractivity contribution >= 4 is 23.4 Å². The third-order valence-electron chi connectivity index (χ3n) is 5.71. The molecule has 1 fully saturated rings. The zero-order chi connectivity index (χ0) is 23.9. The van der Waals surface area contributed by atoms with Crippen molar-refractivity contribution in [2.75, 3.05) is 11.4 Å². The Kier molecular flexibility index (Phi) is 7.31. The maximum atomic E-state index is 14.2. The Morgan fingerprint density at radius 1 is 1.12 bits per heavy atom. The fourth-order valence-corrected chi connectivity index (χ4v) is 4.10. The molecule has 3 amide bonds. The van der Waals surface area contributed by atoms with Crippen LogP contribution < -0.4 is 15.5 Å². The molecule has 34 heavy (non-hydrogen) atoms. The Labute approximate surface area is 196 Å². The number of furan rings is 1. The SMILES string of the molecule is O=C(NCC(=O)N(c1cccc(F)c1)[C@@H](C(=O)NC1CCCC1)c1cccnc1)c1ccco1. The summed E-state index contributed by atoms with van der Waals surface area (Å²) in [6, 6.07) is 10.7. The van der Waals surface area contributed by atoms with Gasteiger partial charge in [0, 0.05) is 29.7 Å². The van der Waals surface area contributed by atoms with Crippen LogP contribution in [0.3, 0.4) is 0 Å². The van der Waals surface area contributed by atoms with E-state index in [-0.39, 0.29) is 17.5 Å². The van der Waals surface area contributed by atoms with Gasteiger partial charge in [0.25, 0.3) is 5.91 Å². The zero-order valence-electron chi connectivity index (χ0n) is 18.4. The standard InChI is InChI=1S/C25H25FN4O4/c26-18-7-3-10-20(14-18)30(22(31)16-28-24(32)21-11-5-13-34-21)23(17-6-4-12-27-15-17)25(33)29-19-8-1-2-9-19/h3-7,10-15,19,23H,1-2,8-9,16H2,(H,28,32)(H,29,33)/t23-/m1/s1. The number of aromatic nitrogens is 1. The van der Waals surface area contributed by atoms with Gasteiger partial charge in [-0.25, -0.2) is 4.39 Å². The first kappa shape index (κ1) is 23.2. The molecule has 8 nitrogen and oxygen atoms in total. The number of benzene rings is 1. The Morgan fingerprint density at radius 3 is 2.62 bits per heavy atom. The minimum atomic E-state index is -1.11. The van der Waals surface area contributed by atoms with Crippen LogP contribution in [-0.2, 0) is 9.59 Å². The molecule has 0 unspecified atom stereocenters. The van der Waals surface area contributed by atoms with Crippen LogP contribution in [0.4, 0.5) is 10.1 Å². The summed E-state index contributed by atoms with van der Waals surface area (Å²) in [7, 11) is 0. The fraction of sp³-hybridized carbons (Fsp3) is 0.280. The van der Waals surface area contributed by atoms with E-state index in [0.29, 0.717) is 5.56 Å². The highest BCUT2D eigenvalue weighted by molar-refractivity contribution is 6.04. The number of amides is 3. The van der Waals surface area contributed by atoms with Crippen LogP contribution >= 0.6 is 0 Å². The van der Waals surface area contributed by atoms with Gasteiger partial charge in [-0.05, 0) is 49.2 Å². The number of nitrogens with one attached hydrogen (secondary N) is 2. The van der Waals surface area contributed by atoms with Crippen molar-refractivity contribution in [2.24, 2.45) is 0 Å². The van der Waals surface area contributed by atoms with Crippen molar-refractivity contribution in [1.82, 2.24) is 15.6 Å². The topological polar surface area (TPSA) is 105 Å². The van der Waals surface area contributed by atoms with Crippen molar-refractivity contribution in [3.63, 3.8) is 0 Å². The highest BCUT2D eigenvalue weighted by Crippen LogP contribution is 2.29. The number of carbonyl (C=O) groups is 3. The molecule has 0 spiro atoms. The average Bonchev–Trinajstić information content (AvgIpc) is 3.56. The van der Waals surface area contributed by atoms with E-state index in [2.05, 4.69) is 15.6 Å². The molecule has 4 rings (SSSR count). The van der Waals surface area contributed by atoms with E-state index in [0.717, 1.165) is 25.7 Å². The van der Waals surface area contributed by atoms with E-state index in [9.17, 15) is 18.8 Å². The van der Waals surface area contributed by atoms with Gasteiger partial charge in [-0.2, -0.15) is 0 Å². The molecule has 0 saturated heterocycles. The number of carbonyl (C=O) groups excluding carboxylic acids is 3. The number of pyridine rings is 1. The van der Waals surface area contributed by atoms with E-state index in [1.54, 1.807) is 30.5 Å². The van der Waals surface area contributed by atoms with Crippen LogP contribution in [0.25, 0.3) is 0 Å². The van der Waals surface area contributed by atoms with E-state index in [1.807, 2.05) is 0 Å². The first-order chi connectivity index (χ1) is 16.5. The van der Waals surface area contributed by atoms with Gasteiger partial charge >= 0.3 is 0 Å². The number of hydrogen-bond acceptors (Lipinski definition) is 5. The van der Waals surface area contributed by atoms with Gasteiger partial charge in [-0.1, -0.05) is 25.0 Å². The van der Waals surface area contributed by atoms with Gasteiger partial charge in [0.1, 0.15) is 11.9 Å². The van der Waals surface area contributed by atoms with Crippen molar-refractivity contribution in [2.45, 2.75) is 37.8 Å². The van der Waals surface area contributed by atoms with Crippen molar-refractivity contribution in [3.05, 3.63) is 84.3 Å². The molecule has 1 saturated carbocycles. The third kappa shape index (κ3) is 5.48. The Balaban J connectivity index is 1.66. The molecular formula is C25H25FN4O4. The van der Waals surface area contributed by atoms with Crippen molar-refractivity contribution in [1.29, 1.82) is 0 Å². The van der Waals surface area contributed by atoms with Gasteiger partial charge in [-0.15, -0.1) is 0 Å². The molecule has 0 bridgehead atoms. The first-order valence-corrected chi connectivity index (χ1v) is 11.1. The summed E-state index contributed by atoms with van der Waals surface area (Å²) in [6.45, 7) is -0.427. The largest absolute Gasteiger partial charge is 0.459 e. The minimum absolute atomic E-state index is 0.00906. The zero-order valence-corrected chi connectivity index (χ0v) is 18.4. The summed E-state index contributed by atoms with van der Waals surface area (Å²) in [5.74, 6) is -2.08. The lowest BCUT2D eigenvalue weighted by Gasteiger charge is -2.32. The van der Waals surface area contributed by atoms with Gasteiger partial charge in [0.15, 0.2) is 5.76 Å². The minimum Gasteiger partial charge on any atom is -0.459 e. The second-order valence-corrected chi connectivity index (χ2v) is 8.08. The van der Waals surface area contributed by atoms with Crippen LogP contribution in [0, 0.1) is 5.82 Å². The number of nitrogens with zero attached hydrogens (tertiary/aromatic N) is 2. The molecule has 0 aliphatic heterocycles. The molecule has 2 aromatic heterocycles. The molecule has 1 aliphatic carbocycles. The molecular weight excluding hydrogens is 439 g/mol. The number of halogens is 1. The summed E-state index contributed by atoms with van der Waals surface area (Å²) in [5.41, 5.74) is 0.653. The lowest BCUT2D eigenvalue weighted by molar-refractivity contribution is -0.126. The fourth-order valence-electron chi connectivity index (χ4n) is 4.10. The normalized spacial score (nSPS) is 14.4. The first-order valence-electron chi connectivity index (χ1n) is 11.1. The monoisotopic (exact) mass is 464 g/mol. The third-order valence-corrected chi connectivity index (χ3v) is 5.71. The Bertz CT molecular complexity index is 1130. The molecule has 1 aliphatic rings. The predicted molar refractivity (Wildman–Crippen MR) is 122 cm³/mol. The number of hydrogen-bond donors (Lipinski definition) is 2. The average molecular weight is 464 g/mol. The summed E-state index contributed by atoms with van der Waals surface area (Å²) in [6.07, 6.45) is 8.17. The summed E-state index contributed by atoms with van der Waals surface area (Å²) >= 11 is 0. The molecule has 2 heterocycles. The highest BCUT2D eigenvalue weighted by atomic mass is 19.1. The molecule has 3 aromatic rings. The van der Waals surface area contributed by atoms with Gasteiger partial charge in [0.2, 0.25) is 11.8 Å². The molecule has 1 atom stereocenters. The maximum Gasteiger partial charge on any atom is 0.287 e. The van der Waals surface area contributed by atoms with Gasteiger partial charge in [-0.3, -0.25) is 24.3 Å². The molecule has 9 heteroatoms. The Hall–Kier alpha value is -4.01. The van der Waals surface area contributed by atoms with Crippen LogP contribution in [0.2, 0.25) is 0 Å². The molecule has 176 valence electrons. The lowest BCUT2D eigenvalue weighted by atomic mass is 10.0. The second kappa shape index (κ2) is 10.7. The summed E-state index contributed by atoms with van der Waals surface area (Å²) in [5, 5.41) is 5.53. The van der Waals surface area contributed by atoms with Crippen LogP contribution in [-0.4, -0.2) is 35.3 Å². The predicted octanol–water partition coefficient (Wildman–Crippen LogP) is 3.38. The van der Waals surface area contributed by atoms with Crippen molar-refractivity contribution < 1.29 is 23.2 Å². The molecule has 2 N–H and O–H groups in total. The van der Waals surface area contributed by atoms with Crippen LogP contribution in [0.1, 0.15) is 47.8 Å². The second-order valence-electron chi connectivity index (χ2n) is 8.08. The smallest absolute Gasteiger partial charge is 0.287 e. The van der Waals surface area contributed by atoms with Crippen molar-refractivity contribution in [3.8, 4) is 0 Å². The highest BCUT2D eigenvalue weighted by Gasteiger charge is 2.34. The lowest BCUT2D eigenvalue weighted by Crippen LogP contribution is -2.49. The molecule has 1 aromatic carbocycles. The van der Waals surface area contributed by atoms with E-state index >= 15 is 0 Å².